The van der Waals surface area contributed by atoms with E-state index < -0.39 is 23.8 Å². The van der Waals surface area contributed by atoms with Crippen LogP contribution < -0.4 is 0 Å². The van der Waals surface area contributed by atoms with Crippen LogP contribution in [-0.2, 0) is 19.1 Å². The molecule has 0 bridgehead atoms. The van der Waals surface area contributed by atoms with Gasteiger partial charge in [0.25, 0.3) is 11.8 Å². The van der Waals surface area contributed by atoms with Crippen LogP contribution in [0.1, 0.15) is 52.4 Å². The predicted octanol–water partition coefficient (Wildman–Crippen LogP) is 2.20. The molecule has 112 valence electrons. The Morgan fingerprint density at radius 2 is 1.70 bits per heavy atom. The van der Waals surface area contributed by atoms with Crippen LogP contribution in [-0.4, -0.2) is 35.3 Å². The number of rotatable bonds is 9. The Kier molecular flexibility index (Phi) is 6.98. The number of carbonyl (C=O) groups is 3. The van der Waals surface area contributed by atoms with E-state index >= 15 is 0 Å². The number of amides is 2. The summed E-state index contributed by atoms with van der Waals surface area (Å²) in [5, 5.41) is 0. The van der Waals surface area contributed by atoms with Gasteiger partial charge in [-0.05, 0) is 12.8 Å². The first kappa shape index (κ1) is 16.4. The molecule has 5 nitrogen and oxygen atoms in total. The predicted molar refractivity (Wildman–Crippen MR) is 74.8 cm³/mol. The summed E-state index contributed by atoms with van der Waals surface area (Å²) in [6.07, 6.45) is 7.37. The normalized spacial score (nSPS) is 15.8. The molecule has 0 spiro atoms. The highest BCUT2D eigenvalue weighted by atomic mass is 16.5. The first-order valence-electron chi connectivity index (χ1n) is 7.33. The van der Waals surface area contributed by atoms with Crippen LogP contribution >= 0.6 is 0 Å². The van der Waals surface area contributed by atoms with E-state index in [1.807, 2.05) is 6.92 Å². The van der Waals surface area contributed by atoms with Gasteiger partial charge in [-0.1, -0.05) is 39.5 Å². The van der Waals surface area contributed by atoms with Gasteiger partial charge in [0.1, 0.15) is 6.04 Å². The second-order valence-electron chi connectivity index (χ2n) is 4.91. The highest BCUT2D eigenvalue weighted by molar-refractivity contribution is 6.14. The van der Waals surface area contributed by atoms with E-state index in [0.29, 0.717) is 13.0 Å². The second kappa shape index (κ2) is 8.51. The molecule has 20 heavy (non-hydrogen) atoms. The van der Waals surface area contributed by atoms with E-state index in [9.17, 15) is 14.4 Å². The highest BCUT2D eigenvalue weighted by Gasteiger charge is 2.36. The largest absolute Gasteiger partial charge is 0.464 e. The molecule has 0 aromatic heterocycles. The zero-order valence-electron chi connectivity index (χ0n) is 12.3. The maximum Gasteiger partial charge on any atom is 0.329 e. The van der Waals surface area contributed by atoms with Crippen molar-refractivity contribution in [1.82, 2.24) is 4.90 Å². The van der Waals surface area contributed by atoms with Crippen molar-refractivity contribution < 1.29 is 19.1 Å². The van der Waals surface area contributed by atoms with Crippen molar-refractivity contribution in [3.8, 4) is 0 Å². The van der Waals surface area contributed by atoms with Gasteiger partial charge >= 0.3 is 5.97 Å². The molecular weight excluding hydrogens is 258 g/mol. The zero-order chi connectivity index (χ0) is 15.0. The van der Waals surface area contributed by atoms with Gasteiger partial charge in [-0.15, -0.1) is 0 Å². The summed E-state index contributed by atoms with van der Waals surface area (Å²) in [6.45, 7) is 4.41. The molecule has 5 heteroatoms. The van der Waals surface area contributed by atoms with Gasteiger partial charge < -0.3 is 4.74 Å². The van der Waals surface area contributed by atoms with Gasteiger partial charge in [0.2, 0.25) is 0 Å². The Bertz CT molecular complexity index is 371. The first-order chi connectivity index (χ1) is 9.61. The van der Waals surface area contributed by atoms with Crippen molar-refractivity contribution in [1.29, 1.82) is 0 Å². The Morgan fingerprint density at radius 1 is 1.10 bits per heavy atom. The molecule has 0 fully saturated rings. The molecule has 1 atom stereocenters. The van der Waals surface area contributed by atoms with Crippen LogP contribution in [0.3, 0.4) is 0 Å². The Labute approximate surface area is 120 Å². The molecule has 0 aliphatic carbocycles. The summed E-state index contributed by atoms with van der Waals surface area (Å²) in [5.74, 6) is -1.33. The smallest absolute Gasteiger partial charge is 0.329 e. The van der Waals surface area contributed by atoms with E-state index in [4.69, 9.17) is 4.74 Å². The number of unbranched alkanes of at least 4 members (excludes halogenated alkanes) is 3. The summed E-state index contributed by atoms with van der Waals surface area (Å²) in [4.78, 5) is 36.5. The number of hydrogen-bond donors (Lipinski definition) is 0. The van der Waals surface area contributed by atoms with Crippen molar-refractivity contribution in [2.75, 3.05) is 6.61 Å². The summed E-state index contributed by atoms with van der Waals surface area (Å²) < 4.78 is 5.20. The van der Waals surface area contributed by atoms with E-state index in [-0.39, 0.29) is 0 Å². The lowest BCUT2D eigenvalue weighted by Gasteiger charge is -2.24. The zero-order valence-corrected chi connectivity index (χ0v) is 12.3. The third-order valence-electron chi connectivity index (χ3n) is 3.25. The average Bonchev–Trinajstić information content (AvgIpc) is 2.76. The van der Waals surface area contributed by atoms with Crippen LogP contribution in [0.2, 0.25) is 0 Å². The molecule has 1 unspecified atom stereocenters. The molecule has 0 radical (unpaired) electrons. The van der Waals surface area contributed by atoms with Crippen molar-refractivity contribution in [3.63, 3.8) is 0 Å². The fourth-order valence-electron chi connectivity index (χ4n) is 2.09. The molecule has 1 aliphatic heterocycles. The van der Waals surface area contributed by atoms with Crippen LogP contribution in [0.4, 0.5) is 0 Å². The van der Waals surface area contributed by atoms with Crippen LogP contribution in [0.25, 0.3) is 0 Å². The molecule has 0 aromatic rings. The third-order valence-corrected chi connectivity index (χ3v) is 3.25. The fraction of sp³-hybridized carbons (Fsp3) is 0.667. The lowest BCUT2D eigenvalue weighted by molar-refractivity contribution is -0.158. The van der Waals surface area contributed by atoms with Gasteiger partial charge in [0.15, 0.2) is 0 Å². The topological polar surface area (TPSA) is 63.7 Å². The highest BCUT2D eigenvalue weighted by Crippen LogP contribution is 2.16. The average molecular weight is 281 g/mol. The number of nitrogens with zero attached hydrogens (tertiary/aromatic N) is 1. The Hall–Kier alpha value is -1.65. The van der Waals surface area contributed by atoms with Gasteiger partial charge in [-0.3, -0.25) is 14.5 Å². The third kappa shape index (κ3) is 4.47. The van der Waals surface area contributed by atoms with Crippen molar-refractivity contribution in [3.05, 3.63) is 12.2 Å². The molecular formula is C15H23NO4. The molecule has 0 saturated heterocycles. The fourth-order valence-corrected chi connectivity index (χ4v) is 2.09. The Morgan fingerprint density at radius 3 is 2.25 bits per heavy atom. The molecule has 2 amide bonds. The molecule has 1 heterocycles. The molecule has 0 N–H and O–H groups in total. The molecule has 1 aliphatic rings. The quantitative estimate of drug-likeness (QED) is 0.369. The van der Waals surface area contributed by atoms with Crippen LogP contribution in [0.15, 0.2) is 12.2 Å². The van der Waals surface area contributed by atoms with Crippen LogP contribution in [0, 0.1) is 0 Å². The lowest BCUT2D eigenvalue weighted by atomic mass is 10.1. The summed E-state index contributed by atoms with van der Waals surface area (Å²) in [7, 11) is 0. The van der Waals surface area contributed by atoms with Gasteiger partial charge in [0.05, 0.1) is 6.61 Å². The van der Waals surface area contributed by atoms with E-state index in [2.05, 4.69) is 6.92 Å². The number of hydrogen-bond acceptors (Lipinski definition) is 4. The number of ether oxygens (including phenoxy) is 1. The lowest BCUT2D eigenvalue weighted by Crippen LogP contribution is -2.45. The standard InChI is InChI=1S/C15H23NO4/c1-3-5-7-11-20-15(19)12(8-6-4-2)16-13(17)9-10-14(16)18/h9-10,12H,3-8,11H2,1-2H3. The molecule has 1 rings (SSSR count). The van der Waals surface area contributed by atoms with Crippen molar-refractivity contribution in [2.45, 2.75) is 58.4 Å². The summed E-state index contributed by atoms with van der Waals surface area (Å²) in [6, 6.07) is -0.786. The molecule has 0 aromatic carbocycles. The van der Waals surface area contributed by atoms with Crippen molar-refractivity contribution >= 4 is 17.8 Å². The Balaban J connectivity index is 2.61. The number of carbonyl (C=O) groups excluding carboxylic acids is 3. The van der Waals surface area contributed by atoms with Gasteiger partial charge in [-0.25, -0.2) is 4.79 Å². The maximum absolute atomic E-state index is 12.1. The van der Waals surface area contributed by atoms with E-state index in [1.165, 1.54) is 12.2 Å². The summed E-state index contributed by atoms with van der Waals surface area (Å²) in [5.41, 5.74) is 0. The summed E-state index contributed by atoms with van der Waals surface area (Å²) >= 11 is 0. The van der Waals surface area contributed by atoms with Crippen molar-refractivity contribution in [2.24, 2.45) is 0 Å². The minimum atomic E-state index is -0.786. The monoisotopic (exact) mass is 281 g/mol. The minimum absolute atomic E-state index is 0.346. The van der Waals surface area contributed by atoms with E-state index in [0.717, 1.165) is 37.0 Å². The SMILES string of the molecule is CCCCCOC(=O)C(CCCC)N1C(=O)C=CC1=O. The maximum atomic E-state index is 12.1. The van der Waals surface area contributed by atoms with Gasteiger partial charge in [0, 0.05) is 12.2 Å². The minimum Gasteiger partial charge on any atom is -0.464 e. The van der Waals surface area contributed by atoms with Crippen LogP contribution in [0.5, 0.6) is 0 Å². The second-order valence-corrected chi connectivity index (χ2v) is 4.91. The number of imide groups is 1. The van der Waals surface area contributed by atoms with Gasteiger partial charge in [-0.2, -0.15) is 0 Å². The van der Waals surface area contributed by atoms with E-state index in [1.54, 1.807) is 0 Å². The first-order valence-corrected chi connectivity index (χ1v) is 7.33. The number of esters is 1. The molecule has 0 saturated carbocycles.